The number of rotatable bonds is 5. The van der Waals surface area contributed by atoms with Crippen molar-refractivity contribution in [1.29, 1.82) is 0 Å². The molecule has 5 nitrogen and oxygen atoms in total. The van der Waals surface area contributed by atoms with E-state index in [1.807, 2.05) is 42.5 Å². The summed E-state index contributed by atoms with van der Waals surface area (Å²) >= 11 is 7.31. The van der Waals surface area contributed by atoms with Gasteiger partial charge in [0.1, 0.15) is 5.25 Å². The van der Waals surface area contributed by atoms with Crippen molar-refractivity contribution < 1.29 is 9.59 Å². The molecular formula is C18H16ClN3O2S. The largest absolute Gasteiger partial charge is 0.352 e. The highest BCUT2D eigenvalue weighted by molar-refractivity contribution is 8.15. The minimum absolute atomic E-state index is 0.102. The Labute approximate surface area is 154 Å². The number of amidine groups is 1. The van der Waals surface area contributed by atoms with Crippen molar-refractivity contribution in [3.8, 4) is 0 Å². The van der Waals surface area contributed by atoms with Crippen LogP contribution in [-0.4, -0.2) is 22.2 Å². The van der Waals surface area contributed by atoms with Crippen LogP contribution < -0.4 is 10.6 Å². The summed E-state index contributed by atoms with van der Waals surface area (Å²) in [5, 5.41) is 6.00. The fraction of sp³-hybridized carbons (Fsp3) is 0.167. The lowest BCUT2D eigenvalue weighted by Crippen LogP contribution is -2.31. The fourth-order valence-electron chi connectivity index (χ4n) is 2.28. The SMILES string of the molecule is O=C(CC1SC(=Nc2ccccc2Cl)NC1=O)NCc1ccccc1. The second kappa shape index (κ2) is 8.18. The van der Waals surface area contributed by atoms with E-state index in [9.17, 15) is 9.59 Å². The number of halogens is 1. The summed E-state index contributed by atoms with van der Waals surface area (Å²) in [6.07, 6.45) is 0.102. The molecule has 0 spiro atoms. The van der Waals surface area contributed by atoms with Gasteiger partial charge in [-0.25, -0.2) is 4.99 Å². The van der Waals surface area contributed by atoms with Gasteiger partial charge in [-0.1, -0.05) is 65.8 Å². The number of benzene rings is 2. The van der Waals surface area contributed by atoms with E-state index in [0.717, 1.165) is 5.56 Å². The highest BCUT2D eigenvalue weighted by Gasteiger charge is 2.32. The number of amides is 2. The molecular weight excluding hydrogens is 358 g/mol. The molecule has 7 heteroatoms. The summed E-state index contributed by atoms with van der Waals surface area (Å²) < 4.78 is 0. The number of carbonyl (C=O) groups excluding carboxylic acids is 2. The minimum Gasteiger partial charge on any atom is -0.352 e. The number of thioether (sulfide) groups is 1. The maximum Gasteiger partial charge on any atom is 0.240 e. The number of nitrogens with zero attached hydrogens (tertiary/aromatic N) is 1. The lowest BCUT2D eigenvalue weighted by Gasteiger charge is -2.07. The molecule has 2 amide bonds. The Morgan fingerprint density at radius 3 is 2.64 bits per heavy atom. The van der Waals surface area contributed by atoms with Crippen molar-refractivity contribution in [2.75, 3.05) is 0 Å². The van der Waals surface area contributed by atoms with Crippen molar-refractivity contribution in [2.45, 2.75) is 18.2 Å². The molecule has 0 bridgehead atoms. The number of hydrogen-bond acceptors (Lipinski definition) is 4. The number of hydrogen-bond donors (Lipinski definition) is 2. The molecule has 0 aromatic heterocycles. The zero-order chi connectivity index (χ0) is 17.6. The van der Waals surface area contributed by atoms with E-state index in [0.29, 0.717) is 22.4 Å². The van der Waals surface area contributed by atoms with Crippen LogP contribution in [0, 0.1) is 0 Å². The molecule has 128 valence electrons. The number of nitrogens with one attached hydrogen (secondary N) is 2. The van der Waals surface area contributed by atoms with Crippen LogP contribution >= 0.6 is 23.4 Å². The average molecular weight is 374 g/mol. The lowest BCUT2D eigenvalue weighted by atomic mass is 10.2. The summed E-state index contributed by atoms with van der Waals surface area (Å²) in [5.41, 5.74) is 1.60. The van der Waals surface area contributed by atoms with Crippen molar-refractivity contribution >= 4 is 46.0 Å². The van der Waals surface area contributed by atoms with Crippen molar-refractivity contribution in [1.82, 2.24) is 10.6 Å². The molecule has 3 rings (SSSR count). The molecule has 2 aromatic carbocycles. The van der Waals surface area contributed by atoms with E-state index in [1.54, 1.807) is 12.1 Å². The molecule has 2 aromatic rings. The van der Waals surface area contributed by atoms with Gasteiger partial charge in [0.05, 0.1) is 10.7 Å². The average Bonchev–Trinajstić information content (AvgIpc) is 2.95. The number of carbonyl (C=O) groups is 2. The van der Waals surface area contributed by atoms with Gasteiger partial charge >= 0.3 is 0 Å². The molecule has 2 N–H and O–H groups in total. The van der Waals surface area contributed by atoms with Crippen LogP contribution in [0.15, 0.2) is 59.6 Å². The first-order valence-electron chi connectivity index (χ1n) is 7.73. The van der Waals surface area contributed by atoms with Gasteiger partial charge in [-0.15, -0.1) is 0 Å². The van der Waals surface area contributed by atoms with E-state index in [-0.39, 0.29) is 18.2 Å². The molecule has 1 fully saturated rings. The van der Waals surface area contributed by atoms with Gasteiger partial charge in [-0.3, -0.25) is 9.59 Å². The normalized spacial score (nSPS) is 18.2. The third kappa shape index (κ3) is 4.84. The van der Waals surface area contributed by atoms with Crippen LogP contribution in [0.25, 0.3) is 0 Å². The summed E-state index contributed by atoms with van der Waals surface area (Å²) in [6.45, 7) is 0.444. The Kier molecular flexibility index (Phi) is 5.73. The Morgan fingerprint density at radius 2 is 1.88 bits per heavy atom. The Bertz CT molecular complexity index is 811. The molecule has 25 heavy (non-hydrogen) atoms. The molecule has 0 saturated carbocycles. The minimum atomic E-state index is -0.489. The van der Waals surface area contributed by atoms with Gasteiger partial charge in [0, 0.05) is 13.0 Å². The lowest BCUT2D eigenvalue weighted by molar-refractivity contribution is -0.125. The fourth-order valence-corrected chi connectivity index (χ4v) is 3.44. The molecule has 1 unspecified atom stereocenters. The van der Waals surface area contributed by atoms with E-state index in [2.05, 4.69) is 15.6 Å². The van der Waals surface area contributed by atoms with Gasteiger partial charge in [0.15, 0.2) is 5.17 Å². The van der Waals surface area contributed by atoms with Crippen molar-refractivity contribution in [2.24, 2.45) is 4.99 Å². The van der Waals surface area contributed by atoms with E-state index in [1.165, 1.54) is 11.8 Å². The topological polar surface area (TPSA) is 70.6 Å². The number of para-hydroxylation sites is 1. The van der Waals surface area contributed by atoms with E-state index in [4.69, 9.17) is 11.6 Å². The molecule has 1 heterocycles. The summed E-state index contributed by atoms with van der Waals surface area (Å²) in [5.74, 6) is -0.388. The molecule has 1 saturated heterocycles. The highest BCUT2D eigenvalue weighted by atomic mass is 35.5. The summed E-state index contributed by atoms with van der Waals surface area (Å²) in [4.78, 5) is 28.5. The highest BCUT2D eigenvalue weighted by Crippen LogP contribution is 2.28. The quantitative estimate of drug-likeness (QED) is 0.845. The first-order chi connectivity index (χ1) is 12.1. The molecule has 0 aliphatic carbocycles. The maximum absolute atomic E-state index is 12.1. The van der Waals surface area contributed by atoms with Crippen LogP contribution in [0.2, 0.25) is 5.02 Å². The third-order valence-electron chi connectivity index (χ3n) is 3.55. The molecule has 1 aliphatic rings. The summed E-state index contributed by atoms with van der Waals surface area (Å²) in [7, 11) is 0. The predicted octanol–water partition coefficient (Wildman–Crippen LogP) is 3.27. The first-order valence-corrected chi connectivity index (χ1v) is 8.99. The van der Waals surface area contributed by atoms with Gasteiger partial charge < -0.3 is 10.6 Å². The van der Waals surface area contributed by atoms with Gasteiger partial charge in [0.25, 0.3) is 0 Å². The predicted molar refractivity (Wildman–Crippen MR) is 101 cm³/mol. The Morgan fingerprint density at radius 1 is 1.16 bits per heavy atom. The van der Waals surface area contributed by atoms with E-state index >= 15 is 0 Å². The zero-order valence-corrected chi connectivity index (χ0v) is 14.8. The van der Waals surface area contributed by atoms with Crippen LogP contribution in [0.4, 0.5) is 5.69 Å². The smallest absolute Gasteiger partial charge is 0.240 e. The Balaban J connectivity index is 1.56. The van der Waals surface area contributed by atoms with Crippen LogP contribution in [0.1, 0.15) is 12.0 Å². The van der Waals surface area contributed by atoms with Gasteiger partial charge in [-0.05, 0) is 17.7 Å². The molecule has 1 aliphatic heterocycles. The van der Waals surface area contributed by atoms with Crippen LogP contribution in [-0.2, 0) is 16.1 Å². The zero-order valence-electron chi connectivity index (χ0n) is 13.2. The Hall–Kier alpha value is -2.31. The van der Waals surface area contributed by atoms with Gasteiger partial charge in [-0.2, -0.15) is 0 Å². The maximum atomic E-state index is 12.1. The first kappa shape index (κ1) is 17.5. The second-order valence-corrected chi connectivity index (χ2v) is 7.03. The van der Waals surface area contributed by atoms with E-state index < -0.39 is 5.25 Å². The summed E-state index contributed by atoms with van der Waals surface area (Å²) in [6, 6.07) is 16.8. The standard InChI is InChI=1S/C18H16ClN3O2S/c19-13-8-4-5-9-14(13)21-18-22-17(24)15(25-18)10-16(23)20-11-12-6-2-1-3-7-12/h1-9,15H,10-11H2,(H,20,23)(H,21,22,24). The third-order valence-corrected chi connectivity index (χ3v) is 4.96. The van der Waals surface area contributed by atoms with Crippen LogP contribution in [0.3, 0.4) is 0 Å². The van der Waals surface area contributed by atoms with Gasteiger partial charge in [0.2, 0.25) is 11.8 Å². The van der Waals surface area contributed by atoms with Crippen molar-refractivity contribution in [3.63, 3.8) is 0 Å². The molecule has 1 atom stereocenters. The second-order valence-electron chi connectivity index (χ2n) is 5.43. The van der Waals surface area contributed by atoms with Crippen LogP contribution in [0.5, 0.6) is 0 Å². The van der Waals surface area contributed by atoms with Crippen molar-refractivity contribution in [3.05, 3.63) is 65.2 Å². The monoisotopic (exact) mass is 373 g/mol. The molecule has 0 radical (unpaired) electrons. The number of aliphatic imine (C=N–C) groups is 1.